The first-order chi connectivity index (χ1) is 11.1. The summed E-state index contributed by atoms with van der Waals surface area (Å²) in [6, 6.07) is 16.7. The Labute approximate surface area is 147 Å². The van der Waals surface area contributed by atoms with Gasteiger partial charge < -0.3 is 0 Å². The molecule has 0 aliphatic carbocycles. The van der Waals surface area contributed by atoms with Crippen molar-refractivity contribution < 1.29 is 9.36 Å². The number of ketones is 1. The highest BCUT2D eigenvalue weighted by molar-refractivity contribution is 9.10. The first-order valence-corrected chi connectivity index (χ1v) is 8.19. The van der Waals surface area contributed by atoms with Gasteiger partial charge in [-0.15, -0.1) is 0 Å². The Kier molecular flexibility index (Phi) is 4.84. The maximum atomic E-state index is 12.2. The van der Waals surface area contributed by atoms with Crippen molar-refractivity contribution in [2.75, 3.05) is 0 Å². The van der Waals surface area contributed by atoms with Gasteiger partial charge in [-0.05, 0) is 29.2 Å². The Morgan fingerprint density at radius 2 is 1.91 bits per heavy atom. The molecule has 3 nitrogen and oxygen atoms in total. The summed E-state index contributed by atoms with van der Waals surface area (Å²) in [5, 5.41) is 0.673. The number of hydrogen-bond donors (Lipinski definition) is 0. The zero-order chi connectivity index (χ0) is 16.2. The first-order valence-electron chi connectivity index (χ1n) is 7.01. The van der Waals surface area contributed by atoms with E-state index in [1.165, 1.54) is 0 Å². The molecule has 0 aliphatic heterocycles. The van der Waals surface area contributed by atoms with Crippen LogP contribution >= 0.6 is 27.5 Å². The van der Waals surface area contributed by atoms with Crippen molar-refractivity contribution in [1.29, 1.82) is 0 Å². The van der Waals surface area contributed by atoms with Crippen molar-refractivity contribution in [3.05, 3.63) is 82.2 Å². The average Bonchev–Trinajstić information content (AvgIpc) is 2.56. The number of aromatic nitrogens is 2. The fraction of sp³-hybridized carbons (Fsp3) is 0.0556. The highest BCUT2D eigenvalue weighted by Gasteiger charge is 2.12. The standard InChI is InChI=1S/C18H13BrClN2O/c19-15-6-4-13(5-7-15)18(23)11-22-9-8-17(21-12-22)14-2-1-3-16(20)10-14/h1-10,12H,11H2/q+1. The second-order valence-electron chi connectivity index (χ2n) is 5.06. The third kappa shape index (κ3) is 4.03. The number of rotatable bonds is 4. The van der Waals surface area contributed by atoms with Crippen LogP contribution in [0.3, 0.4) is 0 Å². The minimum atomic E-state index is 0.0415. The molecule has 0 amide bonds. The zero-order valence-corrected chi connectivity index (χ0v) is 14.5. The van der Waals surface area contributed by atoms with E-state index < -0.39 is 0 Å². The number of halogens is 2. The maximum absolute atomic E-state index is 12.2. The fourth-order valence-corrected chi connectivity index (χ4v) is 2.64. The highest BCUT2D eigenvalue weighted by Crippen LogP contribution is 2.19. The predicted octanol–water partition coefficient (Wildman–Crippen LogP) is 4.33. The summed E-state index contributed by atoms with van der Waals surface area (Å²) in [7, 11) is 0. The van der Waals surface area contributed by atoms with Gasteiger partial charge in [-0.1, -0.05) is 51.8 Å². The topological polar surface area (TPSA) is 33.8 Å². The lowest BCUT2D eigenvalue weighted by Gasteiger charge is -2.01. The van der Waals surface area contributed by atoms with Crippen LogP contribution in [0.25, 0.3) is 11.3 Å². The van der Waals surface area contributed by atoms with Gasteiger partial charge in [-0.25, -0.2) is 4.57 Å². The van der Waals surface area contributed by atoms with Gasteiger partial charge in [0, 0.05) is 26.7 Å². The van der Waals surface area contributed by atoms with E-state index in [1.54, 1.807) is 23.0 Å². The number of carbonyl (C=O) groups excluding carboxylic acids is 1. The lowest BCUT2D eigenvalue weighted by Crippen LogP contribution is -2.37. The minimum absolute atomic E-state index is 0.0415. The number of benzene rings is 2. The molecule has 0 N–H and O–H groups in total. The second-order valence-corrected chi connectivity index (χ2v) is 6.41. The van der Waals surface area contributed by atoms with Crippen LogP contribution in [0.1, 0.15) is 10.4 Å². The highest BCUT2D eigenvalue weighted by atomic mass is 79.9. The molecule has 1 heterocycles. The van der Waals surface area contributed by atoms with Gasteiger partial charge in [-0.3, -0.25) is 4.79 Å². The molecule has 0 aliphatic rings. The Morgan fingerprint density at radius 1 is 1.13 bits per heavy atom. The van der Waals surface area contributed by atoms with E-state index in [2.05, 4.69) is 20.9 Å². The molecule has 0 spiro atoms. The predicted molar refractivity (Wildman–Crippen MR) is 93.4 cm³/mol. The van der Waals surface area contributed by atoms with Crippen molar-refractivity contribution in [3.63, 3.8) is 0 Å². The van der Waals surface area contributed by atoms with Gasteiger partial charge in [0.15, 0.2) is 12.2 Å². The van der Waals surface area contributed by atoms with Crippen molar-refractivity contribution >= 4 is 33.3 Å². The van der Waals surface area contributed by atoms with Crippen LogP contribution < -0.4 is 4.57 Å². The molecule has 5 heteroatoms. The van der Waals surface area contributed by atoms with Crippen LogP contribution in [0.15, 0.2) is 71.6 Å². The smallest absolute Gasteiger partial charge is 0.287 e. The van der Waals surface area contributed by atoms with E-state index in [0.717, 1.165) is 15.7 Å². The van der Waals surface area contributed by atoms with Crippen LogP contribution in [0.2, 0.25) is 5.02 Å². The van der Waals surface area contributed by atoms with Crippen molar-refractivity contribution in [1.82, 2.24) is 4.98 Å². The first kappa shape index (κ1) is 15.8. The molecule has 0 bridgehead atoms. The van der Waals surface area contributed by atoms with Crippen molar-refractivity contribution in [2.45, 2.75) is 6.54 Å². The molecule has 1 aromatic heterocycles. The van der Waals surface area contributed by atoms with Gasteiger partial charge in [0.2, 0.25) is 5.78 Å². The molecule has 3 rings (SSSR count). The lowest BCUT2D eigenvalue weighted by atomic mass is 10.1. The second kappa shape index (κ2) is 7.02. The third-order valence-electron chi connectivity index (χ3n) is 3.38. The van der Waals surface area contributed by atoms with Gasteiger partial charge in [0.1, 0.15) is 0 Å². The van der Waals surface area contributed by atoms with Gasteiger partial charge in [0.05, 0.1) is 6.20 Å². The number of hydrogen-bond acceptors (Lipinski definition) is 2. The zero-order valence-electron chi connectivity index (χ0n) is 12.1. The molecule has 2 aromatic carbocycles. The molecular formula is C18H13BrClN2O+. The van der Waals surface area contributed by atoms with Gasteiger partial charge in [0.25, 0.3) is 6.33 Å². The molecule has 0 saturated carbocycles. The molecular weight excluding hydrogens is 376 g/mol. The van der Waals surface area contributed by atoms with Crippen molar-refractivity contribution in [3.8, 4) is 11.3 Å². The molecule has 0 saturated heterocycles. The normalized spacial score (nSPS) is 10.5. The van der Waals surface area contributed by atoms with Crippen molar-refractivity contribution in [2.24, 2.45) is 0 Å². The molecule has 23 heavy (non-hydrogen) atoms. The number of Topliss-reactive ketones (excluding diaryl/α,β-unsaturated/α-hetero) is 1. The van der Waals surface area contributed by atoms with E-state index in [1.807, 2.05) is 48.7 Å². The van der Waals surface area contributed by atoms with Crippen LogP contribution in [0.5, 0.6) is 0 Å². The molecule has 0 atom stereocenters. The Bertz CT molecular complexity index is 832. The Morgan fingerprint density at radius 3 is 2.57 bits per heavy atom. The largest absolute Gasteiger partial charge is 0.290 e. The number of carbonyl (C=O) groups is 1. The summed E-state index contributed by atoms with van der Waals surface area (Å²) < 4.78 is 2.72. The van der Waals surface area contributed by atoms with Gasteiger partial charge >= 0.3 is 0 Å². The summed E-state index contributed by atoms with van der Waals surface area (Å²) >= 11 is 9.35. The molecule has 3 aromatic rings. The maximum Gasteiger partial charge on any atom is 0.287 e. The average molecular weight is 389 g/mol. The van der Waals surface area contributed by atoms with Crippen LogP contribution in [0, 0.1) is 0 Å². The van der Waals surface area contributed by atoms with E-state index in [4.69, 9.17) is 11.6 Å². The Balaban J connectivity index is 1.75. The minimum Gasteiger partial charge on any atom is -0.290 e. The van der Waals surface area contributed by atoms with Crippen LogP contribution in [-0.2, 0) is 6.54 Å². The van der Waals surface area contributed by atoms with Gasteiger partial charge in [-0.2, -0.15) is 0 Å². The molecule has 114 valence electrons. The van der Waals surface area contributed by atoms with E-state index in [0.29, 0.717) is 10.6 Å². The van der Waals surface area contributed by atoms with E-state index in [-0.39, 0.29) is 12.3 Å². The summed E-state index contributed by atoms with van der Waals surface area (Å²) in [4.78, 5) is 16.6. The molecule has 0 radical (unpaired) electrons. The fourth-order valence-electron chi connectivity index (χ4n) is 2.19. The molecule has 0 unspecified atom stereocenters. The summed E-state index contributed by atoms with van der Waals surface area (Å²) in [5.41, 5.74) is 2.45. The molecule has 0 fully saturated rings. The number of nitrogens with zero attached hydrogens (tertiary/aromatic N) is 2. The summed E-state index contributed by atoms with van der Waals surface area (Å²) in [6.45, 7) is 0.254. The van der Waals surface area contributed by atoms with E-state index >= 15 is 0 Å². The Hall–Kier alpha value is -2.04. The monoisotopic (exact) mass is 387 g/mol. The summed E-state index contributed by atoms with van der Waals surface area (Å²) in [6.07, 6.45) is 3.51. The third-order valence-corrected chi connectivity index (χ3v) is 4.15. The lowest BCUT2D eigenvalue weighted by molar-refractivity contribution is -0.686. The van der Waals surface area contributed by atoms with Crippen LogP contribution in [-0.4, -0.2) is 10.8 Å². The summed E-state index contributed by atoms with van der Waals surface area (Å²) in [5.74, 6) is 0.0415. The van der Waals surface area contributed by atoms with E-state index in [9.17, 15) is 4.79 Å². The van der Waals surface area contributed by atoms with Crippen LogP contribution in [0.4, 0.5) is 0 Å². The quantitative estimate of drug-likeness (QED) is 0.492. The SMILES string of the molecule is O=C(C[n+]1ccc(-c2cccc(Cl)c2)nc1)c1ccc(Br)cc1.